The third kappa shape index (κ3) is 2.13. The van der Waals surface area contributed by atoms with E-state index in [1.54, 1.807) is 13.0 Å². The first kappa shape index (κ1) is 11.6. The van der Waals surface area contributed by atoms with Gasteiger partial charge in [0.1, 0.15) is 5.82 Å². The number of imide groups is 1. The van der Waals surface area contributed by atoms with Gasteiger partial charge < -0.3 is 5.73 Å². The molecule has 90 valence electrons. The zero-order chi connectivity index (χ0) is 12.6. The molecule has 0 radical (unpaired) electrons. The summed E-state index contributed by atoms with van der Waals surface area (Å²) in [6.45, 7) is 1.75. The zero-order valence-corrected chi connectivity index (χ0v) is 9.42. The van der Waals surface area contributed by atoms with Crippen molar-refractivity contribution in [1.82, 2.24) is 5.32 Å². The van der Waals surface area contributed by atoms with Gasteiger partial charge in [-0.2, -0.15) is 0 Å². The molecule has 1 aromatic carbocycles. The van der Waals surface area contributed by atoms with Crippen LogP contribution in [-0.4, -0.2) is 11.8 Å². The van der Waals surface area contributed by atoms with Crippen LogP contribution in [0.15, 0.2) is 12.1 Å². The van der Waals surface area contributed by atoms with Gasteiger partial charge in [0.15, 0.2) is 0 Å². The number of benzene rings is 1. The van der Waals surface area contributed by atoms with E-state index in [0.29, 0.717) is 17.7 Å². The van der Waals surface area contributed by atoms with Gasteiger partial charge >= 0.3 is 0 Å². The molecule has 0 aromatic heterocycles. The largest absolute Gasteiger partial charge is 0.398 e. The molecular weight excluding hydrogens is 223 g/mol. The Morgan fingerprint density at radius 1 is 1.41 bits per heavy atom. The van der Waals surface area contributed by atoms with Crippen molar-refractivity contribution in [2.24, 2.45) is 0 Å². The molecule has 1 aromatic rings. The molecule has 1 heterocycles. The lowest BCUT2D eigenvalue weighted by Gasteiger charge is -2.22. The molecule has 17 heavy (non-hydrogen) atoms. The number of anilines is 1. The monoisotopic (exact) mass is 236 g/mol. The number of amides is 2. The van der Waals surface area contributed by atoms with Crippen molar-refractivity contribution in [3.8, 4) is 0 Å². The van der Waals surface area contributed by atoms with Crippen molar-refractivity contribution in [1.29, 1.82) is 0 Å². The molecule has 3 N–H and O–H groups in total. The summed E-state index contributed by atoms with van der Waals surface area (Å²) in [5.41, 5.74) is 6.98. The van der Waals surface area contributed by atoms with Gasteiger partial charge in [-0.25, -0.2) is 4.39 Å². The number of piperidine rings is 1. The summed E-state index contributed by atoms with van der Waals surface area (Å²) in [4.78, 5) is 22.6. The van der Waals surface area contributed by atoms with Gasteiger partial charge in [-0.3, -0.25) is 14.9 Å². The molecule has 1 atom stereocenters. The maximum atomic E-state index is 13.7. The van der Waals surface area contributed by atoms with Gasteiger partial charge in [-0.1, -0.05) is 6.07 Å². The van der Waals surface area contributed by atoms with Crippen molar-refractivity contribution >= 4 is 17.5 Å². The molecule has 1 unspecified atom stereocenters. The van der Waals surface area contributed by atoms with E-state index in [9.17, 15) is 14.0 Å². The first-order valence-electron chi connectivity index (χ1n) is 5.38. The molecule has 0 spiro atoms. The second kappa shape index (κ2) is 4.16. The molecule has 0 saturated carbocycles. The lowest BCUT2D eigenvalue weighted by molar-refractivity contribution is -0.134. The summed E-state index contributed by atoms with van der Waals surface area (Å²) in [6.07, 6.45) is 0.574. The second-order valence-electron chi connectivity index (χ2n) is 4.23. The molecule has 0 aliphatic carbocycles. The number of rotatable bonds is 1. The van der Waals surface area contributed by atoms with Gasteiger partial charge in [-0.05, 0) is 25.0 Å². The minimum atomic E-state index is -0.605. The van der Waals surface area contributed by atoms with Crippen molar-refractivity contribution in [2.45, 2.75) is 25.7 Å². The van der Waals surface area contributed by atoms with E-state index < -0.39 is 17.6 Å². The Morgan fingerprint density at radius 3 is 2.76 bits per heavy atom. The molecule has 1 fully saturated rings. The van der Waals surface area contributed by atoms with Gasteiger partial charge in [-0.15, -0.1) is 0 Å². The summed E-state index contributed by atoms with van der Waals surface area (Å²) >= 11 is 0. The van der Waals surface area contributed by atoms with Crippen molar-refractivity contribution in [3.05, 3.63) is 29.1 Å². The SMILES string of the molecule is Cc1cc(C2CCC(=O)NC2=O)c(F)cc1N. The summed E-state index contributed by atoms with van der Waals surface area (Å²) < 4.78 is 13.7. The first-order chi connectivity index (χ1) is 7.99. The van der Waals surface area contributed by atoms with Gasteiger partial charge in [0.25, 0.3) is 0 Å². The molecule has 2 amide bonds. The van der Waals surface area contributed by atoms with Gasteiger partial charge in [0.2, 0.25) is 11.8 Å². The Labute approximate surface area is 98.0 Å². The topological polar surface area (TPSA) is 72.2 Å². The highest BCUT2D eigenvalue weighted by Crippen LogP contribution is 2.29. The fourth-order valence-corrected chi connectivity index (χ4v) is 1.98. The maximum absolute atomic E-state index is 13.7. The van der Waals surface area contributed by atoms with Crippen LogP contribution >= 0.6 is 0 Å². The smallest absolute Gasteiger partial charge is 0.234 e. The lowest BCUT2D eigenvalue weighted by atomic mass is 9.89. The highest BCUT2D eigenvalue weighted by Gasteiger charge is 2.30. The number of nitrogen functional groups attached to an aromatic ring is 1. The second-order valence-corrected chi connectivity index (χ2v) is 4.23. The highest BCUT2D eigenvalue weighted by molar-refractivity contribution is 6.01. The molecule has 1 saturated heterocycles. The van der Waals surface area contributed by atoms with Crippen molar-refractivity contribution in [2.75, 3.05) is 5.73 Å². The minimum Gasteiger partial charge on any atom is -0.398 e. The van der Waals surface area contributed by atoms with Crippen LogP contribution in [0.2, 0.25) is 0 Å². The molecular formula is C12H13FN2O2. The predicted molar refractivity (Wildman–Crippen MR) is 60.7 cm³/mol. The van der Waals surface area contributed by atoms with Gasteiger partial charge in [0.05, 0.1) is 5.92 Å². The Balaban J connectivity index is 2.37. The van der Waals surface area contributed by atoms with E-state index in [2.05, 4.69) is 5.32 Å². The van der Waals surface area contributed by atoms with Crippen molar-refractivity contribution in [3.63, 3.8) is 0 Å². The van der Waals surface area contributed by atoms with Crippen LogP contribution in [-0.2, 0) is 9.59 Å². The Kier molecular flexibility index (Phi) is 2.83. The quantitative estimate of drug-likeness (QED) is 0.569. The summed E-state index contributed by atoms with van der Waals surface area (Å²) in [7, 11) is 0. The number of hydrogen-bond acceptors (Lipinski definition) is 3. The predicted octanol–water partition coefficient (Wildman–Crippen LogP) is 1.24. The van der Waals surface area contributed by atoms with Crippen LogP contribution in [0.4, 0.5) is 10.1 Å². The van der Waals surface area contributed by atoms with E-state index in [4.69, 9.17) is 5.73 Å². The number of carbonyl (C=O) groups excluding carboxylic acids is 2. The molecule has 2 rings (SSSR count). The van der Waals surface area contributed by atoms with Crippen LogP contribution < -0.4 is 11.1 Å². The summed E-state index contributed by atoms with van der Waals surface area (Å²) in [5.74, 6) is -1.85. The summed E-state index contributed by atoms with van der Waals surface area (Å²) in [5, 5.41) is 2.21. The Morgan fingerprint density at radius 2 is 2.12 bits per heavy atom. The van der Waals surface area contributed by atoms with Gasteiger partial charge in [0, 0.05) is 17.7 Å². The number of carbonyl (C=O) groups is 2. The lowest BCUT2D eigenvalue weighted by Crippen LogP contribution is -2.39. The number of halogens is 1. The molecule has 0 bridgehead atoms. The molecule has 1 aliphatic rings. The number of aryl methyl sites for hydroxylation is 1. The fraction of sp³-hybridized carbons (Fsp3) is 0.333. The first-order valence-corrected chi connectivity index (χ1v) is 5.38. The van der Waals surface area contributed by atoms with E-state index in [0.717, 1.165) is 5.56 Å². The van der Waals surface area contributed by atoms with E-state index in [1.165, 1.54) is 6.07 Å². The molecule has 4 nitrogen and oxygen atoms in total. The highest BCUT2D eigenvalue weighted by atomic mass is 19.1. The average molecular weight is 236 g/mol. The van der Waals surface area contributed by atoms with E-state index >= 15 is 0 Å². The molecule has 5 heteroatoms. The third-order valence-electron chi connectivity index (χ3n) is 3.00. The van der Waals surface area contributed by atoms with Crippen molar-refractivity contribution < 1.29 is 14.0 Å². The summed E-state index contributed by atoms with van der Waals surface area (Å²) in [6, 6.07) is 2.79. The zero-order valence-electron chi connectivity index (χ0n) is 9.42. The van der Waals surface area contributed by atoms with Crippen LogP contribution in [0.25, 0.3) is 0 Å². The third-order valence-corrected chi connectivity index (χ3v) is 3.00. The normalized spacial score (nSPS) is 20.2. The Hall–Kier alpha value is -1.91. The van der Waals surface area contributed by atoms with Crippen LogP contribution in [0.3, 0.4) is 0 Å². The van der Waals surface area contributed by atoms with E-state index in [1.807, 2.05) is 0 Å². The number of nitrogens with one attached hydrogen (secondary N) is 1. The average Bonchev–Trinajstić information content (AvgIpc) is 2.24. The van der Waals surface area contributed by atoms with Crippen LogP contribution in [0.5, 0.6) is 0 Å². The fourth-order valence-electron chi connectivity index (χ4n) is 1.98. The number of hydrogen-bond donors (Lipinski definition) is 2. The minimum absolute atomic E-state index is 0.235. The van der Waals surface area contributed by atoms with Crippen LogP contribution in [0, 0.1) is 12.7 Å². The molecule has 1 aliphatic heterocycles. The maximum Gasteiger partial charge on any atom is 0.234 e. The van der Waals surface area contributed by atoms with E-state index in [-0.39, 0.29) is 12.3 Å². The number of nitrogens with two attached hydrogens (primary N) is 1. The standard InChI is InChI=1S/C12H13FN2O2/c1-6-4-8(9(13)5-10(6)14)7-2-3-11(16)15-12(7)17/h4-5,7H,2-3,14H2,1H3,(H,15,16,17). The van der Waals surface area contributed by atoms with Crippen LogP contribution in [0.1, 0.15) is 29.9 Å². The Bertz CT molecular complexity index is 500.